The van der Waals surface area contributed by atoms with Crippen molar-refractivity contribution >= 4 is 35.8 Å². The van der Waals surface area contributed by atoms with E-state index in [-0.39, 0.29) is 48.2 Å². The topological polar surface area (TPSA) is 178 Å². The van der Waals surface area contributed by atoms with Gasteiger partial charge in [0.05, 0.1) is 17.1 Å². The van der Waals surface area contributed by atoms with Crippen molar-refractivity contribution in [2.45, 2.75) is 85.0 Å². The van der Waals surface area contributed by atoms with E-state index in [1.54, 1.807) is 6.92 Å². The lowest BCUT2D eigenvalue weighted by molar-refractivity contribution is -0.133. The van der Waals surface area contributed by atoms with Gasteiger partial charge >= 0.3 is 0 Å². The van der Waals surface area contributed by atoms with Crippen molar-refractivity contribution < 1.29 is 33.4 Å². The van der Waals surface area contributed by atoms with E-state index in [2.05, 4.69) is 0 Å². The van der Waals surface area contributed by atoms with E-state index in [0.717, 1.165) is 6.42 Å². The Labute approximate surface area is 267 Å². The normalized spacial score (nSPS) is 15.7. The predicted molar refractivity (Wildman–Crippen MR) is 167 cm³/mol. The Balaban J connectivity index is 0.000000692. The summed E-state index contributed by atoms with van der Waals surface area (Å²) < 4.78 is 19.8. The number of pyridine rings is 1. The minimum atomic E-state index is -0.815. The number of unbranched alkanes of at least 4 members (excludes halogenated alkanes) is 1. The second-order valence-electron chi connectivity index (χ2n) is 10.4. The Morgan fingerprint density at radius 2 is 1.91 bits per heavy atom. The first kappa shape index (κ1) is 37.2. The van der Waals surface area contributed by atoms with Crippen molar-refractivity contribution in [2.24, 2.45) is 11.5 Å². The predicted octanol–water partition coefficient (Wildman–Crippen LogP) is 3.49. The van der Waals surface area contributed by atoms with Crippen molar-refractivity contribution in [3.63, 3.8) is 0 Å². The van der Waals surface area contributed by atoms with Crippen LogP contribution in [0.3, 0.4) is 0 Å². The highest BCUT2D eigenvalue weighted by Crippen LogP contribution is 2.37. The van der Waals surface area contributed by atoms with E-state index >= 15 is 0 Å². The number of amides is 3. The Hall–Kier alpha value is -3.97. The van der Waals surface area contributed by atoms with E-state index in [1.165, 1.54) is 32.6 Å². The Morgan fingerprint density at radius 3 is 2.47 bits per heavy atom. The summed E-state index contributed by atoms with van der Waals surface area (Å²) in [5, 5.41) is 10.8. The molecule has 1 aromatic heterocycles. The van der Waals surface area contributed by atoms with Crippen LogP contribution in [0.4, 0.5) is 4.39 Å². The van der Waals surface area contributed by atoms with Crippen LogP contribution in [-0.4, -0.2) is 69.4 Å². The third-order valence-electron chi connectivity index (χ3n) is 7.28. The van der Waals surface area contributed by atoms with Gasteiger partial charge in [0.2, 0.25) is 5.91 Å². The molecular formula is C31H43ClFN5O7. The number of rotatable bonds is 12. The standard InChI is InChI=1S/C25H27ClFN3O6.C4H10N2O.C2H6/c1-3-4-5-19-29(11-14(2)36-13-31)24(34)21-16-8-9-28(12-15-6-7-18(27)17(26)10-15)23(33)20(16)22(32)25(35)30(19)21;5-3-1-2-4(6)7;1-2/h6-7,10,13-14,19,32H,3-5,8-9,11-12H2,1-2H3;1-3,5H2,(H2,6,7);1-2H3/t14?,19-;;/m1../s1. The van der Waals surface area contributed by atoms with Crippen LogP contribution < -0.4 is 17.0 Å². The highest BCUT2D eigenvalue weighted by Gasteiger charge is 2.44. The van der Waals surface area contributed by atoms with Gasteiger partial charge in [0, 0.05) is 25.1 Å². The van der Waals surface area contributed by atoms with Crippen molar-refractivity contribution in [2.75, 3.05) is 19.6 Å². The van der Waals surface area contributed by atoms with E-state index in [9.17, 15) is 33.5 Å². The number of nitrogens with two attached hydrogens (primary N) is 2. The molecule has 2 aliphatic rings. The van der Waals surface area contributed by atoms with E-state index in [4.69, 9.17) is 27.8 Å². The average molecular weight is 652 g/mol. The van der Waals surface area contributed by atoms with Crippen LogP contribution in [0.5, 0.6) is 5.75 Å². The van der Waals surface area contributed by atoms with Crippen molar-refractivity contribution in [1.29, 1.82) is 0 Å². The minimum Gasteiger partial charge on any atom is -0.502 e. The number of carbonyl (C=O) groups is 4. The zero-order chi connectivity index (χ0) is 33.8. The number of benzene rings is 1. The lowest BCUT2D eigenvalue weighted by Gasteiger charge is -2.30. The summed E-state index contributed by atoms with van der Waals surface area (Å²) >= 11 is 5.86. The fourth-order valence-corrected chi connectivity index (χ4v) is 5.42. The Morgan fingerprint density at radius 1 is 1.22 bits per heavy atom. The zero-order valence-electron chi connectivity index (χ0n) is 26.2. The first-order valence-corrected chi connectivity index (χ1v) is 15.5. The van der Waals surface area contributed by atoms with Gasteiger partial charge in [-0.25, -0.2) is 4.39 Å². The molecule has 0 radical (unpaired) electrons. The summed E-state index contributed by atoms with van der Waals surface area (Å²) in [4.78, 5) is 63.9. The molecule has 0 bridgehead atoms. The minimum absolute atomic E-state index is 0.0635. The van der Waals surface area contributed by atoms with E-state index in [1.807, 2.05) is 20.8 Å². The third-order valence-corrected chi connectivity index (χ3v) is 7.57. The second kappa shape index (κ2) is 17.5. The summed E-state index contributed by atoms with van der Waals surface area (Å²) in [7, 11) is 0. The molecule has 2 aliphatic heterocycles. The number of halogens is 2. The zero-order valence-corrected chi connectivity index (χ0v) is 26.9. The van der Waals surface area contributed by atoms with E-state index in [0.29, 0.717) is 49.8 Å². The molecule has 1 aromatic carbocycles. The maximum atomic E-state index is 13.6. The molecule has 0 saturated carbocycles. The number of nitrogens with zero attached hydrogens (tertiary/aromatic N) is 3. The molecular weight excluding hydrogens is 609 g/mol. The molecule has 0 aliphatic carbocycles. The number of carbonyl (C=O) groups excluding carboxylic acids is 4. The SMILES string of the molecule is CC.CCCC[C@@H]1N(CC(C)OC=O)C(=O)c2c3c(c(O)c(=O)n21)C(=O)N(Cc1ccc(F)c(Cl)c1)CC3.NCCCC(N)=O. The molecule has 4 rings (SSSR count). The van der Waals surface area contributed by atoms with Crippen LogP contribution in [0.15, 0.2) is 23.0 Å². The lowest BCUT2D eigenvalue weighted by atomic mass is 9.95. The molecule has 3 heterocycles. The van der Waals surface area contributed by atoms with Gasteiger partial charge in [-0.15, -0.1) is 0 Å². The van der Waals surface area contributed by atoms with Crippen molar-refractivity contribution in [1.82, 2.24) is 14.4 Å². The summed E-state index contributed by atoms with van der Waals surface area (Å²) in [6.07, 6.45) is 2.08. The van der Waals surface area contributed by atoms with Gasteiger partial charge in [-0.05, 0) is 56.8 Å². The molecule has 0 fully saturated rings. The highest BCUT2D eigenvalue weighted by atomic mass is 35.5. The molecule has 248 valence electrons. The Kier molecular flexibility index (Phi) is 14.5. The van der Waals surface area contributed by atoms with Gasteiger partial charge in [0.15, 0.2) is 5.75 Å². The highest BCUT2D eigenvalue weighted by molar-refractivity contribution is 6.30. The number of ether oxygens (including phenoxy) is 1. The van der Waals surface area contributed by atoms with Crippen LogP contribution in [-0.2, 0) is 27.3 Å². The molecule has 3 amide bonds. The number of primary amides is 1. The molecule has 0 spiro atoms. The fourth-order valence-electron chi connectivity index (χ4n) is 5.21. The molecule has 2 aromatic rings. The van der Waals surface area contributed by atoms with Gasteiger partial charge in [-0.1, -0.05) is 44.9 Å². The first-order chi connectivity index (χ1) is 21.5. The summed E-state index contributed by atoms with van der Waals surface area (Å²) in [6, 6.07) is 4.12. The van der Waals surface area contributed by atoms with Gasteiger partial charge in [-0.3, -0.25) is 28.5 Å². The van der Waals surface area contributed by atoms with Gasteiger partial charge in [-0.2, -0.15) is 0 Å². The molecule has 45 heavy (non-hydrogen) atoms. The molecule has 5 N–H and O–H groups in total. The van der Waals surface area contributed by atoms with Crippen molar-refractivity contribution in [3.05, 3.63) is 61.8 Å². The fraction of sp³-hybridized carbons (Fsp3) is 0.516. The second-order valence-corrected chi connectivity index (χ2v) is 10.8. The van der Waals surface area contributed by atoms with Crippen LogP contribution in [0.2, 0.25) is 5.02 Å². The van der Waals surface area contributed by atoms with Crippen LogP contribution in [0, 0.1) is 5.82 Å². The molecule has 1 unspecified atom stereocenters. The largest absolute Gasteiger partial charge is 0.502 e. The molecule has 2 atom stereocenters. The number of aromatic hydroxyl groups is 1. The number of hydrogen-bond acceptors (Lipinski definition) is 8. The summed E-state index contributed by atoms with van der Waals surface area (Å²) in [5.74, 6) is -2.59. The summed E-state index contributed by atoms with van der Waals surface area (Å²) in [6.45, 7) is 8.85. The van der Waals surface area contributed by atoms with Gasteiger partial charge in [0.25, 0.3) is 23.8 Å². The third kappa shape index (κ3) is 8.82. The number of hydrogen-bond donors (Lipinski definition) is 3. The number of aromatic nitrogens is 1. The lowest BCUT2D eigenvalue weighted by Crippen LogP contribution is -2.40. The molecule has 0 saturated heterocycles. The van der Waals surface area contributed by atoms with Crippen LogP contribution >= 0.6 is 11.6 Å². The number of fused-ring (bicyclic) bond motifs is 3. The molecule has 12 nitrogen and oxygen atoms in total. The van der Waals surface area contributed by atoms with Gasteiger partial charge in [0.1, 0.15) is 23.8 Å². The molecule has 14 heteroatoms. The average Bonchev–Trinajstić information content (AvgIpc) is 3.28. The smallest absolute Gasteiger partial charge is 0.295 e. The monoisotopic (exact) mass is 651 g/mol. The van der Waals surface area contributed by atoms with Gasteiger partial charge < -0.3 is 31.1 Å². The van der Waals surface area contributed by atoms with Crippen LogP contribution in [0.1, 0.15) is 97.9 Å². The first-order valence-electron chi connectivity index (χ1n) is 15.1. The maximum Gasteiger partial charge on any atom is 0.295 e. The van der Waals surface area contributed by atoms with Crippen molar-refractivity contribution in [3.8, 4) is 5.75 Å². The Bertz CT molecular complexity index is 1430. The quantitative estimate of drug-likeness (QED) is 0.292. The maximum absolute atomic E-state index is 13.6. The summed E-state index contributed by atoms with van der Waals surface area (Å²) in [5.41, 5.74) is 9.85. The van der Waals surface area contributed by atoms with Crippen LogP contribution in [0.25, 0.3) is 0 Å². The van der Waals surface area contributed by atoms with E-state index < -0.39 is 41.2 Å².